The molecule has 0 unspecified atom stereocenters. The van der Waals surface area contributed by atoms with Gasteiger partial charge in [-0.05, 0) is 83.2 Å². The Bertz CT molecular complexity index is 2200. The normalized spacial score (nSPS) is 11.4. The van der Waals surface area contributed by atoms with Gasteiger partial charge in [0.25, 0.3) is 0 Å². The molecular weight excluding hydrogens is 544 g/mol. The van der Waals surface area contributed by atoms with E-state index in [0.29, 0.717) is 5.02 Å². The van der Waals surface area contributed by atoms with Crippen LogP contribution in [0.5, 0.6) is 0 Å². The van der Waals surface area contributed by atoms with E-state index in [4.69, 9.17) is 11.6 Å². The fourth-order valence-electron chi connectivity index (χ4n) is 6.28. The van der Waals surface area contributed by atoms with E-state index in [1.165, 1.54) is 32.6 Å². The van der Waals surface area contributed by atoms with Crippen molar-refractivity contribution in [1.29, 1.82) is 0 Å². The van der Waals surface area contributed by atoms with Crippen molar-refractivity contribution in [3.8, 4) is 16.8 Å². The number of fused-ring (bicyclic) bond motifs is 5. The van der Waals surface area contributed by atoms with Crippen molar-refractivity contribution in [3.05, 3.63) is 169 Å². The van der Waals surface area contributed by atoms with Crippen molar-refractivity contribution in [2.24, 2.45) is 0 Å². The lowest BCUT2D eigenvalue weighted by Crippen LogP contribution is -2.09. The Morgan fingerprint density at radius 2 is 1.09 bits per heavy atom. The summed E-state index contributed by atoms with van der Waals surface area (Å²) in [5, 5.41) is 5.62. The van der Waals surface area contributed by atoms with E-state index in [0.717, 1.165) is 33.9 Å². The summed E-state index contributed by atoms with van der Waals surface area (Å²) < 4.78 is 2.40. The van der Waals surface area contributed by atoms with Crippen LogP contribution in [-0.2, 0) is 0 Å². The number of nitrogens with zero attached hydrogens (tertiary/aromatic N) is 2. The van der Waals surface area contributed by atoms with Crippen molar-refractivity contribution in [2.75, 3.05) is 4.90 Å². The van der Waals surface area contributed by atoms with Crippen LogP contribution in [0.4, 0.5) is 17.1 Å². The van der Waals surface area contributed by atoms with Gasteiger partial charge in [0.05, 0.1) is 11.0 Å². The predicted octanol–water partition coefficient (Wildman–Crippen LogP) is 11.7. The van der Waals surface area contributed by atoms with Crippen LogP contribution in [0.2, 0.25) is 5.02 Å². The molecule has 0 spiro atoms. The van der Waals surface area contributed by atoms with Crippen LogP contribution in [0.25, 0.3) is 49.4 Å². The number of anilines is 3. The molecule has 204 valence electrons. The number of aromatic nitrogens is 1. The largest absolute Gasteiger partial charge is 0.310 e. The van der Waals surface area contributed by atoms with Crippen molar-refractivity contribution in [2.45, 2.75) is 0 Å². The third kappa shape index (κ3) is 4.44. The van der Waals surface area contributed by atoms with Gasteiger partial charge >= 0.3 is 0 Å². The molecule has 3 heteroatoms. The zero-order valence-electron chi connectivity index (χ0n) is 23.4. The highest BCUT2D eigenvalue weighted by atomic mass is 35.5. The smallest absolute Gasteiger partial charge is 0.0619 e. The lowest BCUT2D eigenvalue weighted by molar-refractivity contribution is 1.19. The van der Waals surface area contributed by atoms with Crippen molar-refractivity contribution < 1.29 is 0 Å². The maximum absolute atomic E-state index is 6.85. The van der Waals surface area contributed by atoms with E-state index < -0.39 is 0 Å². The fraction of sp³-hybridized carbons (Fsp3) is 0. The summed E-state index contributed by atoms with van der Waals surface area (Å²) in [5.41, 5.74) is 8.92. The molecule has 1 aromatic heterocycles. The molecule has 0 bridgehead atoms. The topological polar surface area (TPSA) is 8.17 Å². The molecule has 0 amide bonds. The number of halogens is 1. The second kappa shape index (κ2) is 10.5. The Labute approximate surface area is 255 Å². The highest BCUT2D eigenvalue weighted by Gasteiger charge is 2.18. The molecule has 0 saturated heterocycles. The molecule has 0 N–H and O–H groups in total. The van der Waals surface area contributed by atoms with E-state index in [2.05, 4.69) is 155 Å². The van der Waals surface area contributed by atoms with Crippen LogP contribution < -0.4 is 4.90 Å². The first-order chi connectivity index (χ1) is 21.2. The summed E-state index contributed by atoms with van der Waals surface area (Å²) in [5.74, 6) is 0. The molecule has 8 aromatic rings. The van der Waals surface area contributed by atoms with Gasteiger partial charge in [-0.3, -0.25) is 0 Å². The van der Waals surface area contributed by atoms with Crippen LogP contribution in [-0.4, -0.2) is 4.57 Å². The highest BCUT2D eigenvalue weighted by Crippen LogP contribution is 2.41. The lowest BCUT2D eigenvalue weighted by atomic mass is 10.0. The summed E-state index contributed by atoms with van der Waals surface area (Å²) in [6, 6.07) is 57.7. The summed E-state index contributed by atoms with van der Waals surface area (Å²) in [6.07, 6.45) is 0. The maximum atomic E-state index is 6.85. The Morgan fingerprint density at radius 1 is 0.442 bits per heavy atom. The second-order valence-electron chi connectivity index (χ2n) is 10.8. The molecule has 7 aromatic carbocycles. The van der Waals surface area contributed by atoms with Gasteiger partial charge < -0.3 is 9.47 Å². The summed E-state index contributed by atoms with van der Waals surface area (Å²) in [4.78, 5) is 2.25. The SMILES string of the molecule is Clc1cc(-c2ccc3c(c2)c2ccc4ccccc4c2n3-c2ccccc2)cc(N(c2ccccc2)c2ccccc2)c1. The maximum Gasteiger partial charge on any atom is 0.0619 e. The molecule has 8 rings (SSSR count). The first-order valence-electron chi connectivity index (χ1n) is 14.5. The Hall–Kier alpha value is -5.31. The summed E-state index contributed by atoms with van der Waals surface area (Å²) in [7, 11) is 0. The summed E-state index contributed by atoms with van der Waals surface area (Å²) in [6.45, 7) is 0. The molecule has 0 aliphatic rings. The lowest BCUT2D eigenvalue weighted by Gasteiger charge is -2.26. The third-order valence-electron chi connectivity index (χ3n) is 8.17. The number of hydrogen-bond acceptors (Lipinski definition) is 1. The van der Waals surface area contributed by atoms with Gasteiger partial charge in [-0.25, -0.2) is 0 Å². The highest BCUT2D eigenvalue weighted by molar-refractivity contribution is 6.31. The van der Waals surface area contributed by atoms with Crippen LogP contribution >= 0.6 is 11.6 Å². The van der Waals surface area contributed by atoms with Gasteiger partial charge in [0.15, 0.2) is 0 Å². The fourth-order valence-corrected chi connectivity index (χ4v) is 6.51. The van der Waals surface area contributed by atoms with E-state index >= 15 is 0 Å². The van der Waals surface area contributed by atoms with Crippen LogP contribution in [0.1, 0.15) is 0 Å². The quantitative estimate of drug-likeness (QED) is 0.200. The average molecular weight is 571 g/mol. The standard InChI is InChI=1S/C40H27ClN2/c41-31-24-30(25-35(27-31)42(32-13-4-1-5-14-32)33-15-6-2-7-16-33)29-21-23-39-38(26-29)37-22-20-28-12-10-11-19-36(28)40(37)43(39)34-17-8-3-9-18-34/h1-27H. The number of para-hydroxylation sites is 3. The molecule has 0 radical (unpaired) electrons. The molecule has 43 heavy (non-hydrogen) atoms. The zero-order chi connectivity index (χ0) is 28.8. The minimum absolute atomic E-state index is 0.696. The Balaban J connectivity index is 1.35. The molecule has 2 nitrogen and oxygen atoms in total. The molecule has 0 aliphatic heterocycles. The minimum Gasteiger partial charge on any atom is -0.310 e. The molecule has 0 atom stereocenters. The molecule has 0 saturated carbocycles. The van der Waals surface area contributed by atoms with Crippen molar-refractivity contribution >= 4 is 61.2 Å². The van der Waals surface area contributed by atoms with Gasteiger partial charge in [-0.2, -0.15) is 0 Å². The minimum atomic E-state index is 0.696. The van der Waals surface area contributed by atoms with E-state index in [1.807, 2.05) is 18.2 Å². The summed E-state index contributed by atoms with van der Waals surface area (Å²) >= 11 is 6.85. The number of hydrogen-bond donors (Lipinski definition) is 0. The Kier molecular flexibility index (Phi) is 6.21. The molecular formula is C40H27ClN2. The zero-order valence-corrected chi connectivity index (χ0v) is 24.1. The van der Waals surface area contributed by atoms with Gasteiger partial charge in [-0.15, -0.1) is 0 Å². The second-order valence-corrected chi connectivity index (χ2v) is 11.2. The van der Waals surface area contributed by atoms with Gasteiger partial charge in [0.1, 0.15) is 0 Å². The predicted molar refractivity (Wildman–Crippen MR) is 183 cm³/mol. The van der Waals surface area contributed by atoms with E-state index in [9.17, 15) is 0 Å². The Morgan fingerprint density at radius 3 is 1.81 bits per heavy atom. The van der Waals surface area contributed by atoms with Crippen molar-refractivity contribution in [1.82, 2.24) is 4.57 Å². The monoisotopic (exact) mass is 570 g/mol. The van der Waals surface area contributed by atoms with Crippen LogP contribution in [0, 0.1) is 0 Å². The van der Waals surface area contributed by atoms with Crippen molar-refractivity contribution in [3.63, 3.8) is 0 Å². The van der Waals surface area contributed by atoms with E-state index in [-0.39, 0.29) is 0 Å². The number of benzene rings is 7. The van der Waals surface area contributed by atoms with Crippen LogP contribution in [0.3, 0.4) is 0 Å². The first kappa shape index (κ1) is 25.4. The van der Waals surface area contributed by atoms with E-state index in [1.54, 1.807) is 0 Å². The number of rotatable bonds is 5. The van der Waals surface area contributed by atoms with Gasteiger partial charge in [0.2, 0.25) is 0 Å². The molecule has 0 fully saturated rings. The van der Waals surface area contributed by atoms with Crippen LogP contribution in [0.15, 0.2) is 164 Å². The average Bonchev–Trinajstić information content (AvgIpc) is 3.40. The first-order valence-corrected chi connectivity index (χ1v) is 14.8. The molecule has 1 heterocycles. The van der Waals surface area contributed by atoms with Gasteiger partial charge in [-0.1, -0.05) is 109 Å². The van der Waals surface area contributed by atoms with Gasteiger partial charge in [0, 0.05) is 43.9 Å². The third-order valence-corrected chi connectivity index (χ3v) is 8.39. The molecule has 0 aliphatic carbocycles.